The molecule has 2 amide bonds. The Labute approximate surface area is 364 Å². The fraction of sp³-hybridized carbons (Fsp3) is 0.857. The standard InChI is InChI=1S/C23H41NO7.C17H32N2O5.C2HF3O2/c1-8-18-15(2)21(29-17(4)26)20(24-16(3)25)22(30-18)28-14-12-10-9-11-13-19(27)31-23(5,6)7;1-5-14-11(2)16(23-13(4)21)15(19-12(3)20)17(24-14)22-10-8-6-7-9-18;3-2(4,5)1(6)7/h15,18,20-22H,8-14H2,1-7H3,(H,24,25);11,14-17H,5-10,18H2,1-4H3,(H,19,20);(H,6,7)/p+1/t15-,18+,20-,21-,22+;11-,14+,15-,16-,17+;/m00./s1. The average Bonchev–Trinajstić information content (AvgIpc) is 3.14. The monoisotopic (exact) mass is 903 g/mol. The normalized spacial score (nSPS) is 26.0. The summed E-state index contributed by atoms with van der Waals surface area (Å²) in [5.41, 5.74) is 3.37. The molecule has 62 heavy (non-hydrogen) atoms. The Morgan fingerprint density at radius 1 is 0.661 bits per heavy atom. The third kappa shape index (κ3) is 24.3. The average molecular weight is 903 g/mol. The summed E-state index contributed by atoms with van der Waals surface area (Å²) in [4.78, 5) is 67.1. The topological polar surface area (TPSA) is 239 Å². The van der Waals surface area contributed by atoms with Crippen molar-refractivity contribution in [2.24, 2.45) is 11.8 Å². The van der Waals surface area contributed by atoms with Crippen LogP contribution in [0.3, 0.4) is 0 Å². The van der Waals surface area contributed by atoms with Gasteiger partial charge in [-0.15, -0.1) is 0 Å². The number of hydrogen-bond acceptors (Lipinski definition) is 13. The van der Waals surface area contributed by atoms with Gasteiger partial charge in [0.2, 0.25) is 11.8 Å². The summed E-state index contributed by atoms with van der Waals surface area (Å²) in [6.07, 6.45) is 0.761. The molecule has 6 N–H and O–H groups in total. The van der Waals surface area contributed by atoms with Crippen molar-refractivity contribution in [2.75, 3.05) is 19.8 Å². The van der Waals surface area contributed by atoms with Crippen molar-refractivity contribution in [3.63, 3.8) is 0 Å². The number of esters is 3. The lowest BCUT2D eigenvalue weighted by molar-refractivity contribution is -0.368. The number of quaternary nitrogens is 1. The van der Waals surface area contributed by atoms with E-state index < -0.39 is 60.6 Å². The van der Waals surface area contributed by atoms with Crippen molar-refractivity contribution in [1.29, 1.82) is 0 Å². The Bertz CT molecular complexity index is 1370. The zero-order chi connectivity index (χ0) is 47.8. The van der Waals surface area contributed by atoms with E-state index >= 15 is 0 Å². The number of rotatable bonds is 20. The summed E-state index contributed by atoms with van der Waals surface area (Å²) >= 11 is 0. The van der Waals surface area contributed by atoms with E-state index in [0.717, 1.165) is 64.3 Å². The molecule has 0 saturated carbocycles. The van der Waals surface area contributed by atoms with E-state index in [1.165, 1.54) is 27.7 Å². The van der Waals surface area contributed by atoms with Gasteiger partial charge in [-0.25, -0.2) is 4.79 Å². The summed E-state index contributed by atoms with van der Waals surface area (Å²) in [5, 5.41) is 12.8. The van der Waals surface area contributed by atoms with Crippen LogP contribution in [-0.4, -0.2) is 121 Å². The Balaban J connectivity index is 0.00000106. The molecule has 0 aromatic carbocycles. The minimum Gasteiger partial charge on any atom is -0.475 e. The van der Waals surface area contributed by atoms with Crippen molar-refractivity contribution in [3.8, 4) is 0 Å². The predicted octanol–water partition coefficient (Wildman–Crippen LogP) is 4.76. The third-order valence-corrected chi connectivity index (χ3v) is 9.67. The van der Waals surface area contributed by atoms with Gasteiger partial charge in [0.1, 0.15) is 29.9 Å². The zero-order valence-corrected chi connectivity index (χ0v) is 38.6. The first-order chi connectivity index (χ1) is 28.8. The van der Waals surface area contributed by atoms with Crippen molar-refractivity contribution in [3.05, 3.63) is 0 Å². The van der Waals surface area contributed by atoms with Gasteiger partial charge in [-0.1, -0.05) is 40.5 Å². The molecule has 2 saturated heterocycles. The van der Waals surface area contributed by atoms with E-state index in [0.29, 0.717) is 19.6 Å². The highest BCUT2D eigenvalue weighted by atomic mass is 19.4. The first-order valence-electron chi connectivity index (χ1n) is 21.5. The smallest absolute Gasteiger partial charge is 0.475 e. The van der Waals surface area contributed by atoms with E-state index in [1.54, 1.807) is 0 Å². The Morgan fingerprint density at radius 2 is 1.03 bits per heavy atom. The van der Waals surface area contributed by atoms with Crippen molar-refractivity contribution in [2.45, 2.75) is 201 Å². The number of carboxylic acid groups (broad SMARTS) is 1. The van der Waals surface area contributed by atoms with Crippen LogP contribution < -0.4 is 16.4 Å². The van der Waals surface area contributed by atoms with Crippen molar-refractivity contribution in [1.82, 2.24) is 10.6 Å². The lowest BCUT2D eigenvalue weighted by Gasteiger charge is -2.44. The zero-order valence-electron chi connectivity index (χ0n) is 38.6. The molecule has 2 fully saturated rings. The summed E-state index contributed by atoms with van der Waals surface area (Å²) < 4.78 is 72.1. The Morgan fingerprint density at radius 3 is 1.34 bits per heavy atom. The largest absolute Gasteiger partial charge is 0.490 e. The number of aliphatic carboxylic acids is 1. The van der Waals surface area contributed by atoms with Crippen LogP contribution in [0.4, 0.5) is 13.2 Å². The lowest BCUT2D eigenvalue weighted by atomic mass is 9.87. The predicted molar refractivity (Wildman–Crippen MR) is 219 cm³/mol. The van der Waals surface area contributed by atoms with Gasteiger partial charge >= 0.3 is 30.1 Å². The molecule has 2 aliphatic rings. The first kappa shape index (κ1) is 58.4. The molecule has 0 aromatic heterocycles. The van der Waals surface area contributed by atoms with Crippen LogP contribution >= 0.6 is 0 Å². The van der Waals surface area contributed by atoms with E-state index in [9.17, 15) is 37.1 Å². The molecule has 0 spiro atoms. The van der Waals surface area contributed by atoms with E-state index in [1.807, 2.05) is 48.5 Å². The number of halogens is 3. The highest BCUT2D eigenvalue weighted by Crippen LogP contribution is 2.32. The number of unbranched alkanes of at least 4 members (excludes halogenated alkanes) is 5. The maximum absolute atomic E-state index is 11.7. The molecule has 10 atom stereocenters. The summed E-state index contributed by atoms with van der Waals surface area (Å²) in [5.74, 6) is -4.22. The molecule has 0 radical (unpaired) electrons. The number of carbonyl (C=O) groups excluding carboxylic acids is 5. The van der Waals surface area contributed by atoms with Crippen LogP contribution in [0.25, 0.3) is 0 Å². The van der Waals surface area contributed by atoms with Gasteiger partial charge in [-0.2, -0.15) is 13.2 Å². The Kier molecular flexibility index (Phi) is 28.0. The van der Waals surface area contributed by atoms with Gasteiger partial charge in [-0.05, 0) is 65.7 Å². The van der Waals surface area contributed by atoms with Gasteiger partial charge in [0.15, 0.2) is 12.6 Å². The fourth-order valence-electron chi connectivity index (χ4n) is 6.86. The molecule has 2 heterocycles. The quantitative estimate of drug-likeness (QED) is 0.0733. The van der Waals surface area contributed by atoms with E-state index in [2.05, 4.69) is 16.4 Å². The van der Waals surface area contributed by atoms with Crippen molar-refractivity contribution >= 4 is 35.7 Å². The molecule has 17 nitrogen and oxygen atoms in total. The number of alkyl halides is 3. The van der Waals surface area contributed by atoms with Gasteiger partial charge in [0, 0.05) is 59.2 Å². The second-order valence-corrected chi connectivity index (χ2v) is 16.4. The molecule has 2 aliphatic heterocycles. The van der Waals surface area contributed by atoms with Gasteiger partial charge in [-0.3, -0.25) is 24.0 Å². The van der Waals surface area contributed by atoms with E-state index in [-0.39, 0.29) is 47.8 Å². The molecular formula is C42H75F3N3O14+. The second-order valence-electron chi connectivity index (χ2n) is 16.4. The number of hydrogen-bond donors (Lipinski definition) is 4. The third-order valence-electron chi connectivity index (χ3n) is 9.67. The maximum Gasteiger partial charge on any atom is 0.490 e. The van der Waals surface area contributed by atoms with Crippen LogP contribution in [0.2, 0.25) is 0 Å². The van der Waals surface area contributed by atoms with Crippen LogP contribution in [0.5, 0.6) is 0 Å². The maximum atomic E-state index is 11.7. The minimum atomic E-state index is -5.08. The minimum absolute atomic E-state index is 0.0261. The van der Waals surface area contributed by atoms with Crippen LogP contribution in [0.15, 0.2) is 0 Å². The molecule has 0 unspecified atom stereocenters. The molecule has 0 bridgehead atoms. The van der Waals surface area contributed by atoms with Crippen molar-refractivity contribution < 1.29 is 85.9 Å². The summed E-state index contributed by atoms with van der Waals surface area (Å²) in [6, 6.07) is -1.07. The number of amides is 2. The molecule has 0 aromatic rings. The van der Waals surface area contributed by atoms with Crippen LogP contribution in [0, 0.1) is 11.8 Å². The SMILES string of the molecule is CC[C@H]1O[C@@H](OCCCCCCC(=O)OC(C)(C)C)[C@@H](NC(C)=O)[C@@H](OC(C)=O)[C@H]1C.CC[C@H]1O[C@@H](OCCCCC[NH3+])[C@@H](NC(C)=O)[C@@H](OC(C)=O)[C@H]1C.O=C(O)C(F)(F)F. The van der Waals surface area contributed by atoms with Crippen LogP contribution in [0.1, 0.15) is 140 Å². The highest BCUT2D eigenvalue weighted by Gasteiger charge is 2.47. The second kappa shape index (κ2) is 29.7. The number of nitrogens with one attached hydrogen (secondary N) is 2. The van der Waals surface area contributed by atoms with Crippen LogP contribution in [-0.2, 0) is 61.9 Å². The van der Waals surface area contributed by atoms with Gasteiger partial charge in [0.25, 0.3) is 0 Å². The summed E-state index contributed by atoms with van der Waals surface area (Å²) in [6.45, 7) is 21.0. The molecule has 2 rings (SSSR count). The first-order valence-corrected chi connectivity index (χ1v) is 21.5. The lowest BCUT2D eigenvalue weighted by Crippen LogP contribution is -2.62. The number of ether oxygens (including phenoxy) is 7. The Hall–Kier alpha value is -3.59. The van der Waals surface area contributed by atoms with Gasteiger partial charge in [0.05, 0.1) is 18.8 Å². The molecular weight excluding hydrogens is 827 g/mol. The number of carboxylic acids is 1. The fourth-order valence-corrected chi connectivity index (χ4v) is 6.86. The summed E-state index contributed by atoms with van der Waals surface area (Å²) in [7, 11) is 0. The number of carbonyl (C=O) groups is 6. The molecule has 0 aliphatic carbocycles. The molecule has 20 heteroatoms. The highest BCUT2D eigenvalue weighted by molar-refractivity contribution is 5.74. The molecule has 362 valence electrons. The van der Waals surface area contributed by atoms with E-state index in [4.69, 9.17) is 43.1 Å². The van der Waals surface area contributed by atoms with Gasteiger partial charge < -0.3 is 54.6 Å².